The van der Waals surface area contributed by atoms with Gasteiger partial charge in [-0.05, 0) is 72.5 Å². The number of ether oxygens (including phenoxy) is 1. The van der Waals surface area contributed by atoms with Gasteiger partial charge in [0.15, 0.2) is 0 Å². The standard InChI is InChI=1S/C33H36N6O3S/c1-20-6-8-26(42-27-15-35-16-27)13-29(20)32(40)38-21(2)22-4-3-5-23(12-22)30-10-9-28(43-30)17-37-33(41)39-18-25(19-39)24-7-11-31(34)36-14-24/h3-14,21,25,27,35H,15-19H2,1-2H3,(H2,34,36)(H,37,41)(H,38,40)/t21-/m1/s1. The largest absolute Gasteiger partial charge is 0.488 e. The Kier molecular flexibility index (Phi) is 8.31. The maximum absolute atomic E-state index is 13.2. The summed E-state index contributed by atoms with van der Waals surface area (Å²) < 4.78 is 5.95. The Balaban J connectivity index is 1.02. The smallest absolute Gasteiger partial charge is 0.317 e. The molecule has 3 amide bonds. The third-order valence-corrected chi connectivity index (χ3v) is 9.18. The minimum absolute atomic E-state index is 0.0615. The van der Waals surface area contributed by atoms with Crippen molar-refractivity contribution >= 4 is 29.1 Å². The van der Waals surface area contributed by atoms with E-state index in [1.165, 1.54) is 0 Å². The zero-order valence-electron chi connectivity index (χ0n) is 24.3. The van der Waals surface area contributed by atoms with Gasteiger partial charge in [-0.1, -0.05) is 30.3 Å². The predicted octanol–water partition coefficient (Wildman–Crippen LogP) is 4.85. The van der Waals surface area contributed by atoms with Crippen molar-refractivity contribution in [3.05, 3.63) is 100 Å². The molecule has 9 nitrogen and oxygen atoms in total. The number of urea groups is 1. The molecule has 10 heteroatoms. The van der Waals surface area contributed by atoms with Crippen molar-refractivity contribution in [1.29, 1.82) is 0 Å². The molecule has 2 aliphatic heterocycles. The summed E-state index contributed by atoms with van der Waals surface area (Å²) in [7, 11) is 0. The SMILES string of the molecule is Cc1ccc(OC2CNC2)cc1C(=O)N[C@H](C)c1cccc(-c2ccc(CNC(=O)N3CC(c4ccc(N)nc4)C3)s2)c1. The molecule has 222 valence electrons. The van der Waals surface area contributed by atoms with Crippen LogP contribution in [0.2, 0.25) is 0 Å². The Morgan fingerprint density at radius 3 is 2.70 bits per heavy atom. The van der Waals surface area contributed by atoms with Crippen LogP contribution in [0.25, 0.3) is 10.4 Å². The number of rotatable bonds is 9. The molecule has 0 aliphatic carbocycles. The number of pyridine rings is 1. The third kappa shape index (κ3) is 6.65. The summed E-state index contributed by atoms with van der Waals surface area (Å²) >= 11 is 1.65. The molecule has 6 rings (SSSR count). The maximum atomic E-state index is 13.2. The van der Waals surface area contributed by atoms with Crippen molar-refractivity contribution in [3.63, 3.8) is 0 Å². The highest BCUT2D eigenvalue weighted by Crippen LogP contribution is 2.31. The molecule has 4 heterocycles. The molecule has 2 saturated heterocycles. The van der Waals surface area contributed by atoms with Crippen molar-refractivity contribution in [2.75, 3.05) is 31.9 Å². The Morgan fingerprint density at radius 1 is 1.12 bits per heavy atom. The third-order valence-electron chi connectivity index (χ3n) is 8.04. The predicted molar refractivity (Wildman–Crippen MR) is 169 cm³/mol. The van der Waals surface area contributed by atoms with E-state index in [2.05, 4.69) is 45.2 Å². The molecule has 2 fully saturated rings. The molecule has 4 aromatic rings. The molecule has 0 spiro atoms. The molecular formula is C33H36N6O3S. The van der Waals surface area contributed by atoms with Crippen molar-refractivity contribution in [3.8, 4) is 16.2 Å². The van der Waals surface area contributed by atoms with Gasteiger partial charge < -0.3 is 31.3 Å². The van der Waals surface area contributed by atoms with Gasteiger partial charge in [0.05, 0.1) is 12.6 Å². The van der Waals surface area contributed by atoms with E-state index < -0.39 is 0 Å². The Bertz CT molecular complexity index is 1610. The number of carbonyl (C=O) groups is 2. The van der Waals surface area contributed by atoms with Crippen LogP contribution in [0.15, 0.2) is 72.9 Å². The number of hydrogen-bond acceptors (Lipinski definition) is 7. The van der Waals surface area contributed by atoms with Crippen LogP contribution in [0.5, 0.6) is 5.75 Å². The lowest BCUT2D eigenvalue weighted by Gasteiger charge is -2.39. The summed E-state index contributed by atoms with van der Waals surface area (Å²) in [6.07, 6.45) is 1.94. The molecule has 5 N–H and O–H groups in total. The number of nitrogens with two attached hydrogens (primary N) is 1. The topological polar surface area (TPSA) is 122 Å². The summed E-state index contributed by atoms with van der Waals surface area (Å²) in [6, 6.07) is 21.5. The maximum Gasteiger partial charge on any atom is 0.317 e. The molecule has 2 aromatic heterocycles. The number of carbonyl (C=O) groups excluding carboxylic acids is 2. The van der Waals surface area contributed by atoms with Crippen LogP contribution in [0.4, 0.5) is 10.6 Å². The van der Waals surface area contributed by atoms with Crippen LogP contribution in [-0.2, 0) is 6.54 Å². The molecular weight excluding hydrogens is 560 g/mol. The molecule has 0 unspecified atom stereocenters. The van der Waals surface area contributed by atoms with E-state index in [1.54, 1.807) is 23.6 Å². The fourth-order valence-corrected chi connectivity index (χ4v) is 6.14. The van der Waals surface area contributed by atoms with Gasteiger partial charge in [0.1, 0.15) is 17.7 Å². The fourth-order valence-electron chi connectivity index (χ4n) is 5.19. The van der Waals surface area contributed by atoms with Crippen molar-refractivity contribution in [2.45, 2.75) is 38.5 Å². The number of likely N-dealkylation sites (tertiary alicyclic amines) is 1. The number of nitrogen functional groups attached to an aromatic ring is 1. The lowest BCUT2D eigenvalue weighted by atomic mass is 9.93. The van der Waals surface area contributed by atoms with E-state index >= 15 is 0 Å². The highest BCUT2D eigenvalue weighted by atomic mass is 32.1. The van der Waals surface area contributed by atoms with Gasteiger partial charge in [-0.2, -0.15) is 0 Å². The number of nitrogens with zero attached hydrogens (tertiary/aromatic N) is 2. The number of thiophene rings is 1. The first-order valence-corrected chi connectivity index (χ1v) is 15.4. The van der Waals surface area contributed by atoms with Gasteiger partial charge in [-0.25, -0.2) is 9.78 Å². The minimum atomic E-state index is -0.185. The summed E-state index contributed by atoms with van der Waals surface area (Å²) in [6.45, 7) is 7.40. The van der Waals surface area contributed by atoms with Crippen molar-refractivity contribution in [1.82, 2.24) is 25.8 Å². The van der Waals surface area contributed by atoms with E-state index in [-0.39, 0.29) is 24.1 Å². The molecule has 2 aliphatic rings. The summed E-state index contributed by atoms with van der Waals surface area (Å²) in [5.41, 5.74) is 10.4. The second-order valence-corrected chi connectivity index (χ2v) is 12.4. The van der Waals surface area contributed by atoms with Crippen LogP contribution >= 0.6 is 11.3 Å². The number of aromatic nitrogens is 1. The van der Waals surface area contributed by atoms with Crippen LogP contribution in [0, 0.1) is 6.92 Å². The second kappa shape index (κ2) is 12.4. The first-order chi connectivity index (χ1) is 20.8. The van der Waals surface area contributed by atoms with Gasteiger partial charge in [0.25, 0.3) is 5.91 Å². The average Bonchev–Trinajstić information content (AvgIpc) is 3.44. The number of nitrogens with one attached hydrogen (secondary N) is 3. The number of anilines is 1. The van der Waals surface area contributed by atoms with Gasteiger partial charge in [0, 0.05) is 53.6 Å². The minimum Gasteiger partial charge on any atom is -0.488 e. The zero-order chi connectivity index (χ0) is 29.9. The highest BCUT2D eigenvalue weighted by Gasteiger charge is 2.31. The number of hydrogen-bond donors (Lipinski definition) is 4. The molecule has 0 saturated carbocycles. The summed E-state index contributed by atoms with van der Waals surface area (Å²) in [5, 5.41) is 9.38. The highest BCUT2D eigenvalue weighted by molar-refractivity contribution is 7.15. The van der Waals surface area contributed by atoms with Crippen molar-refractivity contribution in [2.24, 2.45) is 0 Å². The molecule has 43 heavy (non-hydrogen) atoms. The first-order valence-electron chi connectivity index (χ1n) is 14.5. The second-order valence-electron chi connectivity index (χ2n) is 11.2. The van der Waals surface area contributed by atoms with E-state index in [0.29, 0.717) is 42.7 Å². The molecule has 1 atom stereocenters. The fraction of sp³-hybridized carbons (Fsp3) is 0.303. The van der Waals surface area contributed by atoms with E-state index in [9.17, 15) is 9.59 Å². The summed E-state index contributed by atoms with van der Waals surface area (Å²) in [5.74, 6) is 1.39. The number of aryl methyl sites for hydroxylation is 1. The van der Waals surface area contributed by atoms with E-state index in [1.807, 2.05) is 55.1 Å². The van der Waals surface area contributed by atoms with E-state index in [4.69, 9.17) is 10.5 Å². The lowest BCUT2D eigenvalue weighted by molar-refractivity contribution is 0.0937. The van der Waals surface area contributed by atoms with Crippen LogP contribution < -0.4 is 26.4 Å². The van der Waals surface area contributed by atoms with Gasteiger partial charge >= 0.3 is 6.03 Å². The average molecular weight is 597 g/mol. The first kappa shape index (κ1) is 28.7. The quantitative estimate of drug-likeness (QED) is 0.219. The Morgan fingerprint density at radius 2 is 1.95 bits per heavy atom. The normalized spacial score (nSPS) is 15.7. The van der Waals surface area contributed by atoms with Crippen molar-refractivity contribution < 1.29 is 14.3 Å². The number of amides is 3. The van der Waals surface area contributed by atoms with Gasteiger partial charge in [-0.3, -0.25) is 4.79 Å². The van der Waals surface area contributed by atoms with Crippen LogP contribution in [-0.4, -0.2) is 54.1 Å². The monoisotopic (exact) mass is 596 g/mol. The summed E-state index contributed by atoms with van der Waals surface area (Å²) in [4.78, 5) is 34.0. The molecule has 2 aromatic carbocycles. The molecule has 0 bridgehead atoms. The lowest BCUT2D eigenvalue weighted by Crippen LogP contribution is -2.52. The van der Waals surface area contributed by atoms with Crippen LogP contribution in [0.1, 0.15) is 50.8 Å². The van der Waals surface area contributed by atoms with Gasteiger partial charge in [-0.15, -0.1) is 11.3 Å². The van der Waals surface area contributed by atoms with Gasteiger partial charge in [0.2, 0.25) is 0 Å². The zero-order valence-corrected chi connectivity index (χ0v) is 25.1. The Labute approximate surface area is 255 Å². The molecule has 0 radical (unpaired) electrons. The Hall–Kier alpha value is -4.41. The number of benzene rings is 2. The van der Waals surface area contributed by atoms with E-state index in [0.717, 1.165) is 45.1 Å². The van der Waals surface area contributed by atoms with Crippen LogP contribution in [0.3, 0.4) is 0 Å².